The van der Waals surface area contributed by atoms with Crippen LogP contribution in [0, 0.1) is 12.7 Å². The van der Waals surface area contributed by atoms with Crippen molar-refractivity contribution in [3.05, 3.63) is 131 Å². The van der Waals surface area contributed by atoms with Crippen molar-refractivity contribution in [2.45, 2.75) is 11.8 Å². The fourth-order valence-electron chi connectivity index (χ4n) is 3.51. The Morgan fingerprint density at radius 3 is 2.23 bits per heavy atom. The van der Waals surface area contributed by atoms with Crippen molar-refractivity contribution in [2.75, 3.05) is 16.4 Å². The number of halogens is 1. The van der Waals surface area contributed by atoms with Gasteiger partial charge in [0.15, 0.2) is 0 Å². The molecule has 0 aromatic heterocycles. The van der Waals surface area contributed by atoms with Crippen LogP contribution in [0.5, 0.6) is 0 Å². The van der Waals surface area contributed by atoms with E-state index in [1.54, 1.807) is 48.5 Å². The van der Waals surface area contributed by atoms with Crippen LogP contribution in [0.2, 0.25) is 0 Å². The van der Waals surface area contributed by atoms with Gasteiger partial charge in [0.2, 0.25) is 5.91 Å². The molecule has 0 atom stereocenters. The van der Waals surface area contributed by atoms with Gasteiger partial charge in [0.05, 0.1) is 5.75 Å². The van der Waals surface area contributed by atoms with Crippen LogP contribution in [-0.2, 0) is 9.59 Å². The zero-order valence-corrected chi connectivity index (χ0v) is 21.9. The summed E-state index contributed by atoms with van der Waals surface area (Å²) in [6.45, 7) is 1.98. The minimum Gasteiger partial charge on any atom is -0.325 e. The van der Waals surface area contributed by atoms with Gasteiger partial charge in [0.1, 0.15) is 11.5 Å². The van der Waals surface area contributed by atoms with Gasteiger partial charge in [0.25, 0.3) is 11.8 Å². The predicted molar refractivity (Wildman–Crippen MR) is 154 cm³/mol. The van der Waals surface area contributed by atoms with E-state index in [-0.39, 0.29) is 17.4 Å². The van der Waals surface area contributed by atoms with Gasteiger partial charge in [-0.25, -0.2) is 4.39 Å². The maximum absolute atomic E-state index is 13.4. The minimum absolute atomic E-state index is 0.00834. The summed E-state index contributed by atoms with van der Waals surface area (Å²) in [5.74, 6) is -1.38. The molecule has 39 heavy (non-hydrogen) atoms. The molecular formula is C31H26FN3O3S. The highest BCUT2D eigenvalue weighted by molar-refractivity contribution is 8.00. The highest BCUT2D eigenvalue weighted by atomic mass is 32.2. The summed E-state index contributed by atoms with van der Waals surface area (Å²) >= 11 is 1.33. The number of benzene rings is 4. The lowest BCUT2D eigenvalue weighted by Gasteiger charge is -2.12. The van der Waals surface area contributed by atoms with Crippen LogP contribution in [0.15, 0.2) is 114 Å². The quantitative estimate of drug-likeness (QED) is 0.173. The molecule has 0 aliphatic rings. The number of rotatable bonds is 9. The molecule has 4 rings (SSSR count). The van der Waals surface area contributed by atoms with E-state index in [4.69, 9.17) is 0 Å². The first-order valence-corrected chi connectivity index (χ1v) is 13.1. The van der Waals surface area contributed by atoms with E-state index in [1.165, 1.54) is 42.1 Å². The number of hydrogen-bond donors (Lipinski definition) is 3. The lowest BCUT2D eigenvalue weighted by atomic mass is 10.1. The third-order valence-electron chi connectivity index (χ3n) is 5.51. The molecule has 196 valence electrons. The van der Waals surface area contributed by atoms with Gasteiger partial charge in [0, 0.05) is 21.8 Å². The molecule has 4 aromatic carbocycles. The number of thioether (sulfide) groups is 1. The van der Waals surface area contributed by atoms with Gasteiger partial charge < -0.3 is 16.0 Å². The van der Waals surface area contributed by atoms with Crippen LogP contribution in [-0.4, -0.2) is 23.5 Å². The number of carbonyl (C=O) groups is 3. The fraction of sp³-hybridized carbons (Fsp3) is 0.0645. The van der Waals surface area contributed by atoms with Crippen LogP contribution < -0.4 is 16.0 Å². The van der Waals surface area contributed by atoms with E-state index in [0.717, 1.165) is 16.1 Å². The molecule has 3 N–H and O–H groups in total. The summed E-state index contributed by atoms with van der Waals surface area (Å²) in [7, 11) is 0. The topological polar surface area (TPSA) is 87.3 Å². The zero-order valence-electron chi connectivity index (χ0n) is 21.1. The summed E-state index contributed by atoms with van der Waals surface area (Å²) in [6.07, 6.45) is 1.48. The van der Waals surface area contributed by atoms with E-state index >= 15 is 0 Å². The third-order valence-corrected chi connectivity index (χ3v) is 6.50. The summed E-state index contributed by atoms with van der Waals surface area (Å²) < 4.78 is 13.4. The molecular weight excluding hydrogens is 513 g/mol. The van der Waals surface area contributed by atoms with Gasteiger partial charge in [-0.1, -0.05) is 54.1 Å². The van der Waals surface area contributed by atoms with Crippen LogP contribution in [0.1, 0.15) is 21.5 Å². The summed E-state index contributed by atoms with van der Waals surface area (Å²) in [4.78, 5) is 39.1. The number of carbonyl (C=O) groups excluding carboxylic acids is 3. The number of anilines is 2. The Bertz CT molecular complexity index is 1490. The molecule has 0 saturated heterocycles. The Hall–Kier alpha value is -4.69. The molecule has 0 aliphatic carbocycles. The molecule has 0 saturated carbocycles. The molecule has 0 heterocycles. The molecule has 6 nitrogen and oxygen atoms in total. The Kier molecular flexibility index (Phi) is 9.26. The van der Waals surface area contributed by atoms with Crippen LogP contribution in [0.4, 0.5) is 15.8 Å². The predicted octanol–water partition coefficient (Wildman–Crippen LogP) is 6.27. The third kappa shape index (κ3) is 8.41. The van der Waals surface area contributed by atoms with E-state index in [1.807, 2.05) is 37.3 Å². The Balaban J connectivity index is 1.44. The first-order chi connectivity index (χ1) is 18.9. The van der Waals surface area contributed by atoms with E-state index in [2.05, 4.69) is 16.0 Å². The molecule has 0 radical (unpaired) electrons. The monoisotopic (exact) mass is 539 g/mol. The second kappa shape index (κ2) is 13.2. The Morgan fingerprint density at radius 2 is 1.51 bits per heavy atom. The normalized spacial score (nSPS) is 11.0. The van der Waals surface area contributed by atoms with Gasteiger partial charge in [-0.3, -0.25) is 14.4 Å². The van der Waals surface area contributed by atoms with Gasteiger partial charge in [-0.05, 0) is 73.2 Å². The molecule has 3 amide bonds. The van der Waals surface area contributed by atoms with Crippen LogP contribution in [0.25, 0.3) is 6.08 Å². The number of amides is 3. The highest BCUT2D eigenvalue weighted by Crippen LogP contribution is 2.23. The van der Waals surface area contributed by atoms with Gasteiger partial charge >= 0.3 is 0 Å². The molecule has 0 aliphatic heterocycles. The molecule has 0 fully saturated rings. The molecule has 0 bridgehead atoms. The lowest BCUT2D eigenvalue weighted by Crippen LogP contribution is -2.30. The van der Waals surface area contributed by atoms with E-state index in [0.29, 0.717) is 16.8 Å². The van der Waals surface area contributed by atoms with Crippen molar-refractivity contribution in [1.82, 2.24) is 5.32 Å². The average molecular weight is 540 g/mol. The van der Waals surface area contributed by atoms with Crippen molar-refractivity contribution in [1.29, 1.82) is 0 Å². The summed E-state index contributed by atoms with van der Waals surface area (Å²) in [6, 6.07) is 28.7. The smallest absolute Gasteiger partial charge is 0.272 e. The second-order valence-corrected chi connectivity index (χ2v) is 9.66. The SMILES string of the molecule is Cc1ccc(NC(=O)CSc2cccc(NC(=O)/C(=C/c3ccc(F)cc3)NC(=O)c3ccccc3)c2)cc1. The Labute approximate surface area is 230 Å². The number of nitrogens with one attached hydrogen (secondary N) is 3. The van der Waals surface area contributed by atoms with Crippen molar-refractivity contribution < 1.29 is 18.8 Å². The zero-order chi connectivity index (χ0) is 27.6. The van der Waals surface area contributed by atoms with Gasteiger partial charge in [-0.15, -0.1) is 11.8 Å². The largest absolute Gasteiger partial charge is 0.325 e. The summed E-state index contributed by atoms with van der Waals surface area (Å²) in [5.41, 5.74) is 3.24. The molecule has 0 unspecified atom stereocenters. The maximum Gasteiger partial charge on any atom is 0.272 e. The van der Waals surface area contributed by atoms with Crippen molar-refractivity contribution in [3.63, 3.8) is 0 Å². The van der Waals surface area contributed by atoms with Crippen LogP contribution >= 0.6 is 11.8 Å². The molecule has 8 heteroatoms. The maximum atomic E-state index is 13.4. The van der Waals surface area contributed by atoms with Crippen molar-refractivity contribution in [3.8, 4) is 0 Å². The minimum atomic E-state index is -0.553. The lowest BCUT2D eigenvalue weighted by molar-refractivity contribution is -0.114. The molecule has 4 aromatic rings. The number of hydrogen-bond acceptors (Lipinski definition) is 4. The van der Waals surface area contributed by atoms with Gasteiger partial charge in [-0.2, -0.15) is 0 Å². The summed E-state index contributed by atoms with van der Waals surface area (Å²) in [5, 5.41) is 8.31. The first kappa shape index (κ1) is 27.3. The van der Waals surface area contributed by atoms with E-state index in [9.17, 15) is 18.8 Å². The Morgan fingerprint density at radius 1 is 0.795 bits per heavy atom. The average Bonchev–Trinajstić information content (AvgIpc) is 2.94. The second-order valence-electron chi connectivity index (χ2n) is 8.61. The van der Waals surface area contributed by atoms with Crippen LogP contribution in [0.3, 0.4) is 0 Å². The van der Waals surface area contributed by atoms with Crippen molar-refractivity contribution in [2.24, 2.45) is 0 Å². The molecule has 0 spiro atoms. The van der Waals surface area contributed by atoms with E-state index < -0.39 is 17.6 Å². The fourth-order valence-corrected chi connectivity index (χ4v) is 4.27. The number of aryl methyl sites for hydroxylation is 1. The van der Waals surface area contributed by atoms with Crippen molar-refractivity contribution >= 4 is 46.9 Å². The highest BCUT2D eigenvalue weighted by Gasteiger charge is 2.15. The first-order valence-electron chi connectivity index (χ1n) is 12.1. The standard InChI is InChI=1S/C31H26FN3O3S/c1-21-10-16-25(17-11-21)33-29(36)20-39-27-9-5-8-26(19-27)34-31(38)28(18-22-12-14-24(32)15-13-22)35-30(37)23-6-3-2-4-7-23/h2-19H,20H2,1H3,(H,33,36)(H,34,38)(H,35,37)/b28-18-.